The van der Waals surface area contributed by atoms with Crippen LogP contribution in [0, 0.1) is 5.92 Å². The van der Waals surface area contributed by atoms with Crippen molar-refractivity contribution in [1.82, 2.24) is 0 Å². The van der Waals surface area contributed by atoms with Crippen molar-refractivity contribution < 1.29 is 19.4 Å². The Balaban J connectivity index is 3.40. The van der Waals surface area contributed by atoms with Gasteiger partial charge in [-0.25, -0.2) is 0 Å². The molecule has 0 aromatic heterocycles. The highest BCUT2D eigenvalue weighted by molar-refractivity contribution is 5.79. The first kappa shape index (κ1) is 35.4. The van der Waals surface area contributed by atoms with Gasteiger partial charge in [0.2, 0.25) is 0 Å². The van der Waals surface area contributed by atoms with Crippen LogP contribution in [0.4, 0.5) is 0 Å². The standard InChI is InChI=1S/C33H60O4/c1-3-5-6-7-8-9-10-11-12-13-14-15-16-17-18-19-20-21-22-23-24-25-26-27-28-31(30-32(34)35)33(36)37-29-4-2/h4,26-27,31H,2-3,5-25,28-30H2,1H3,(H,34,35)/b27-26+. The third-order valence-electron chi connectivity index (χ3n) is 7.16. The SMILES string of the molecule is C=CCOC(=O)C(C/C=C/CCCCCCCCCCCCCCCCCCCCCCC)CC(=O)O. The first-order valence-electron chi connectivity index (χ1n) is 15.8. The molecule has 0 aromatic rings. The zero-order chi connectivity index (χ0) is 27.2. The topological polar surface area (TPSA) is 63.6 Å². The van der Waals surface area contributed by atoms with Crippen molar-refractivity contribution in [1.29, 1.82) is 0 Å². The molecule has 0 saturated heterocycles. The van der Waals surface area contributed by atoms with Gasteiger partial charge in [0.1, 0.15) is 6.61 Å². The van der Waals surface area contributed by atoms with Gasteiger partial charge in [-0.2, -0.15) is 0 Å². The maximum absolute atomic E-state index is 11.9. The van der Waals surface area contributed by atoms with Crippen LogP contribution in [0.1, 0.15) is 161 Å². The van der Waals surface area contributed by atoms with Crippen LogP contribution in [-0.2, 0) is 14.3 Å². The summed E-state index contributed by atoms with van der Waals surface area (Å²) in [4.78, 5) is 22.9. The van der Waals surface area contributed by atoms with Gasteiger partial charge in [-0.1, -0.05) is 160 Å². The quantitative estimate of drug-likeness (QED) is 0.0605. The van der Waals surface area contributed by atoms with Crippen molar-refractivity contribution in [3.8, 4) is 0 Å². The molecule has 0 aliphatic carbocycles. The molecule has 0 aromatic carbocycles. The van der Waals surface area contributed by atoms with Crippen molar-refractivity contribution in [2.45, 2.75) is 161 Å². The van der Waals surface area contributed by atoms with Gasteiger partial charge < -0.3 is 9.84 Å². The number of ether oxygens (including phenoxy) is 1. The summed E-state index contributed by atoms with van der Waals surface area (Å²) >= 11 is 0. The molecule has 0 spiro atoms. The maximum Gasteiger partial charge on any atom is 0.310 e. The lowest BCUT2D eigenvalue weighted by atomic mass is 10.0. The van der Waals surface area contributed by atoms with Gasteiger partial charge in [-0.05, 0) is 19.3 Å². The molecule has 37 heavy (non-hydrogen) atoms. The number of carbonyl (C=O) groups is 2. The molecular weight excluding hydrogens is 460 g/mol. The lowest BCUT2D eigenvalue weighted by molar-refractivity contribution is -0.152. The van der Waals surface area contributed by atoms with E-state index in [1.165, 1.54) is 134 Å². The summed E-state index contributed by atoms with van der Waals surface area (Å²) in [6.07, 6.45) is 35.9. The van der Waals surface area contributed by atoms with Crippen LogP contribution in [0.25, 0.3) is 0 Å². The molecule has 4 heteroatoms. The van der Waals surface area contributed by atoms with E-state index in [-0.39, 0.29) is 13.0 Å². The second-order valence-corrected chi connectivity index (χ2v) is 10.8. The van der Waals surface area contributed by atoms with Gasteiger partial charge in [0.05, 0.1) is 12.3 Å². The van der Waals surface area contributed by atoms with Gasteiger partial charge in [0.25, 0.3) is 0 Å². The Labute approximate surface area is 229 Å². The normalized spacial score (nSPS) is 12.1. The zero-order valence-corrected chi connectivity index (χ0v) is 24.4. The predicted molar refractivity (Wildman–Crippen MR) is 158 cm³/mol. The molecule has 0 aliphatic rings. The molecule has 0 saturated carbocycles. The van der Waals surface area contributed by atoms with E-state index >= 15 is 0 Å². The molecule has 0 bridgehead atoms. The number of allylic oxidation sites excluding steroid dienone is 2. The molecular formula is C33H60O4. The monoisotopic (exact) mass is 520 g/mol. The number of esters is 1. The van der Waals surface area contributed by atoms with E-state index in [1.807, 2.05) is 6.08 Å². The zero-order valence-electron chi connectivity index (χ0n) is 24.4. The van der Waals surface area contributed by atoms with Gasteiger partial charge in [-0.15, -0.1) is 0 Å². The third-order valence-corrected chi connectivity index (χ3v) is 7.16. The molecule has 0 aliphatic heterocycles. The van der Waals surface area contributed by atoms with E-state index in [0.29, 0.717) is 6.42 Å². The number of hydrogen-bond donors (Lipinski definition) is 1. The van der Waals surface area contributed by atoms with Crippen molar-refractivity contribution in [2.75, 3.05) is 6.61 Å². The first-order valence-corrected chi connectivity index (χ1v) is 15.8. The minimum absolute atomic E-state index is 0.123. The molecule has 0 radical (unpaired) electrons. The molecule has 1 unspecified atom stereocenters. The number of carbonyl (C=O) groups excluding carboxylic acids is 1. The Bertz CT molecular complexity index is 555. The highest BCUT2D eigenvalue weighted by Gasteiger charge is 2.21. The summed E-state index contributed by atoms with van der Waals surface area (Å²) in [6.45, 7) is 5.92. The first-order chi connectivity index (χ1) is 18.1. The summed E-state index contributed by atoms with van der Waals surface area (Å²) < 4.78 is 5.01. The van der Waals surface area contributed by atoms with Crippen LogP contribution in [0.3, 0.4) is 0 Å². The van der Waals surface area contributed by atoms with E-state index in [9.17, 15) is 9.59 Å². The number of carboxylic acid groups (broad SMARTS) is 1. The van der Waals surface area contributed by atoms with Crippen LogP contribution in [-0.4, -0.2) is 23.7 Å². The molecule has 1 atom stereocenters. The van der Waals surface area contributed by atoms with Crippen LogP contribution in [0.5, 0.6) is 0 Å². The van der Waals surface area contributed by atoms with E-state index in [2.05, 4.69) is 19.6 Å². The number of unbranched alkanes of at least 4 members (excludes halogenated alkanes) is 21. The fourth-order valence-electron chi connectivity index (χ4n) is 4.81. The minimum atomic E-state index is -0.974. The van der Waals surface area contributed by atoms with Crippen LogP contribution in [0.2, 0.25) is 0 Å². The van der Waals surface area contributed by atoms with E-state index in [4.69, 9.17) is 9.84 Å². The second kappa shape index (κ2) is 29.0. The molecule has 0 fully saturated rings. The Morgan fingerprint density at radius 3 is 1.46 bits per heavy atom. The van der Waals surface area contributed by atoms with Crippen molar-refractivity contribution >= 4 is 11.9 Å². The Morgan fingerprint density at radius 2 is 1.08 bits per heavy atom. The molecule has 216 valence electrons. The predicted octanol–water partition coefficient (Wildman–Crippen LogP) is 10.4. The number of aliphatic carboxylic acids is 1. The van der Waals surface area contributed by atoms with Crippen molar-refractivity contribution in [2.24, 2.45) is 5.92 Å². The smallest absolute Gasteiger partial charge is 0.310 e. The number of carboxylic acids is 1. The Kier molecular flexibility index (Phi) is 27.7. The Hall–Kier alpha value is -1.58. The number of rotatable bonds is 29. The maximum atomic E-state index is 11.9. The Morgan fingerprint density at radius 1 is 0.676 bits per heavy atom. The fourth-order valence-corrected chi connectivity index (χ4v) is 4.81. The van der Waals surface area contributed by atoms with Crippen LogP contribution < -0.4 is 0 Å². The van der Waals surface area contributed by atoms with E-state index in [1.54, 1.807) is 0 Å². The molecule has 0 amide bonds. The van der Waals surface area contributed by atoms with Crippen LogP contribution >= 0.6 is 0 Å². The minimum Gasteiger partial charge on any atom is -0.481 e. The van der Waals surface area contributed by atoms with Crippen molar-refractivity contribution in [3.05, 3.63) is 24.8 Å². The highest BCUT2D eigenvalue weighted by atomic mass is 16.5. The highest BCUT2D eigenvalue weighted by Crippen LogP contribution is 2.16. The van der Waals surface area contributed by atoms with Gasteiger partial charge in [0.15, 0.2) is 0 Å². The third kappa shape index (κ3) is 27.3. The summed E-state index contributed by atoms with van der Waals surface area (Å²) in [5.74, 6) is -2.05. The molecule has 0 rings (SSSR count). The van der Waals surface area contributed by atoms with Gasteiger partial charge >= 0.3 is 11.9 Å². The van der Waals surface area contributed by atoms with E-state index < -0.39 is 17.9 Å². The lowest BCUT2D eigenvalue weighted by Crippen LogP contribution is -2.20. The second-order valence-electron chi connectivity index (χ2n) is 10.8. The lowest BCUT2D eigenvalue weighted by Gasteiger charge is -2.11. The summed E-state index contributed by atoms with van der Waals surface area (Å²) in [7, 11) is 0. The summed E-state index contributed by atoms with van der Waals surface area (Å²) in [5.41, 5.74) is 0. The number of hydrogen-bond acceptors (Lipinski definition) is 3. The summed E-state index contributed by atoms with van der Waals surface area (Å²) in [6, 6.07) is 0. The van der Waals surface area contributed by atoms with Gasteiger partial charge in [-0.3, -0.25) is 9.59 Å². The molecule has 4 nitrogen and oxygen atoms in total. The average molecular weight is 521 g/mol. The van der Waals surface area contributed by atoms with Gasteiger partial charge in [0, 0.05) is 0 Å². The largest absolute Gasteiger partial charge is 0.481 e. The average Bonchev–Trinajstić information content (AvgIpc) is 2.88. The van der Waals surface area contributed by atoms with Crippen LogP contribution in [0.15, 0.2) is 24.8 Å². The molecule has 1 N–H and O–H groups in total. The van der Waals surface area contributed by atoms with E-state index in [0.717, 1.165) is 12.8 Å². The summed E-state index contributed by atoms with van der Waals surface area (Å²) in [5, 5.41) is 8.99. The molecule has 0 heterocycles. The van der Waals surface area contributed by atoms with Crippen molar-refractivity contribution in [3.63, 3.8) is 0 Å². The fraction of sp³-hybridized carbons (Fsp3) is 0.818.